The Balaban J connectivity index is 1.78. The van der Waals surface area contributed by atoms with Crippen molar-refractivity contribution >= 4 is 5.78 Å². The SMILES string of the molecule is COc1ccccc1C(=O)c1ccc(CN2CCC2)cc1. The average Bonchev–Trinajstić information content (AvgIpc) is 2.51. The van der Waals surface area contributed by atoms with Crippen LogP contribution in [0, 0.1) is 0 Å². The molecule has 0 aliphatic carbocycles. The highest BCUT2D eigenvalue weighted by molar-refractivity contribution is 6.10. The van der Waals surface area contributed by atoms with Crippen LogP contribution in [-0.2, 0) is 6.54 Å². The van der Waals surface area contributed by atoms with Crippen LogP contribution >= 0.6 is 0 Å². The number of hydrogen-bond donors (Lipinski definition) is 0. The second-order valence-electron chi connectivity index (χ2n) is 5.36. The van der Waals surface area contributed by atoms with Crippen molar-refractivity contribution in [2.24, 2.45) is 0 Å². The van der Waals surface area contributed by atoms with Gasteiger partial charge in [0.2, 0.25) is 0 Å². The number of hydrogen-bond acceptors (Lipinski definition) is 3. The number of carbonyl (C=O) groups is 1. The number of likely N-dealkylation sites (tertiary alicyclic amines) is 1. The fourth-order valence-corrected chi connectivity index (χ4v) is 2.55. The Morgan fingerprint density at radius 1 is 1.10 bits per heavy atom. The molecule has 0 saturated carbocycles. The Hall–Kier alpha value is -2.13. The molecule has 108 valence electrons. The van der Waals surface area contributed by atoms with Gasteiger partial charge in [-0.25, -0.2) is 0 Å². The number of rotatable bonds is 5. The molecule has 0 bridgehead atoms. The summed E-state index contributed by atoms with van der Waals surface area (Å²) >= 11 is 0. The zero-order valence-electron chi connectivity index (χ0n) is 12.2. The second kappa shape index (κ2) is 6.10. The lowest BCUT2D eigenvalue weighted by Gasteiger charge is -2.30. The number of benzene rings is 2. The van der Waals surface area contributed by atoms with Gasteiger partial charge < -0.3 is 4.74 Å². The number of para-hydroxylation sites is 1. The first-order valence-electron chi connectivity index (χ1n) is 7.27. The van der Waals surface area contributed by atoms with Gasteiger partial charge in [-0.05, 0) is 37.2 Å². The second-order valence-corrected chi connectivity index (χ2v) is 5.36. The van der Waals surface area contributed by atoms with Crippen molar-refractivity contribution in [3.05, 3.63) is 65.2 Å². The maximum absolute atomic E-state index is 12.5. The predicted octanol–water partition coefficient (Wildman–Crippen LogP) is 3.13. The Morgan fingerprint density at radius 3 is 2.43 bits per heavy atom. The Bertz CT molecular complexity index is 630. The summed E-state index contributed by atoms with van der Waals surface area (Å²) in [7, 11) is 1.59. The third-order valence-corrected chi connectivity index (χ3v) is 3.92. The highest BCUT2D eigenvalue weighted by Gasteiger charge is 2.16. The van der Waals surface area contributed by atoms with E-state index in [1.165, 1.54) is 25.1 Å². The van der Waals surface area contributed by atoms with Crippen molar-refractivity contribution in [3.8, 4) is 5.75 Å². The summed E-state index contributed by atoms with van der Waals surface area (Å²) < 4.78 is 5.26. The minimum Gasteiger partial charge on any atom is -0.496 e. The first kappa shape index (κ1) is 13.8. The molecule has 1 saturated heterocycles. The maximum Gasteiger partial charge on any atom is 0.196 e. The van der Waals surface area contributed by atoms with Crippen molar-refractivity contribution in [1.82, 2.24) is 4.90 Å². The van der Waals surface area contributed by atoms with E-state index >= 15 is 0 Å². The molecule has 0 radical (unpaired) electrons. The Labute approximate surface area is 125 Å². The minimum absolute atomic E-state index is 0.00273. The third-order valence-electron chi connectivity index (χ3n) is 3.92. The number of ketones is 1. The van der Waals surface area contributed by atoms with Gasteiger partial charge in [-0.15, -0.1) is 0 Å². The molecule has 1 aliphatic heterocycles. The zero-order chi connectivity index (χ0) is 14.7. The van der Waals surface area contributed by atoms with Crippen molar-refractivity contribution < 1.29 is 9.53 Å². The monoisotopic (exact) mass is 281 g/mol. The van der Waals surface area contributed by atoms with Gasteiger partial charge in [0, 0.05) is 12.1 Å². The van der Waals surface area contributed by atoms with Crippen molar-refractivity contribution in [3.63, 3.8) is 0 Å². The minimum atomic E-state index is 0.00273. The van der Waals surface area contributed by atoms with Crippen molar-refractivity contribution in [1.29, 1.82) is 0 Å². The van der Waals surface area contributed by atoms with Crippen LogP contribution in [0.25, 0.3) is 0 Å². The van der Waals surface area contributed by atoms with Crippen molar-refractivity contribution in [2.75, 3.05) is 20.2 Å². The molecule has 3 heteroatoms. The fraction of sp³-hybridized carbons (Fsp3) is 0.278. The molecule has 0 amide bonds. The zero-order valence-corrected chi connectivity index (χ0v) is 12.2. The quantitative estimate of drug-likeness (QED) is 0.789. The molecule has 1 heterocycles. The highest BCUT2D eigenvalue weighted by Crippen LogP contribution is 2.21. The van der Waals surface area contributed by atoms with E-state index in [4.69, 9.17) is 4.74 Å². The molecule has 0 N–H and O–H groups in total. The number of carbonyl (C=O) groups excluding carboxylic acids is 1. The van der Waals surface area contributed by atoms with Gasteiger partial charge >= 0.3 is 0 Å². The predicted molar refractivity (Wildman–Crippen MR) is 82.8 cm³/mol. The fourth-order valence-electron chi connectivity index (χ4n) is 2.55. The first-order chi connectivity index (χ1) is 10.3. The van der Waals surface area contributed by atoms with Gasteiger partial charge in [0.1, 0.15) is 5.75 Å². The molecule has 1 aliphatic rings. The van der Waals surface area contributed by atoms with E-state index in [1.54, 1.807) is 13.2 Å². The van der Waals surface area contributed by atoms with Gasteiger partial charge in [-0.3, -0.25) is 9.69 Å². The van der Waals surface area contributed by atoms with Crippen LogP contribution in [0.4, 0.5) is 0 Å². The van der Waals surface area contributed by atoms with Gasteiger partial charge in [0.15, 0.2) is 5.78 Å². The van der Waals surface area contributed by atoms with E-state index in [9.17, 15) is 4.79 Å². The summed E-state index contributed by atoms with van der Waals surface area (Å²) in [6.45, 7) is 3.34. The van der Waals surface area contributed by atoms with Crippen LogP contribution in [0.3, 0.4) is 0 Å². The van der Waals surface area contributed by atoms with Crippen LogP contribution in [0.1, 0.15) is 27.9 Å². The summed E-state index contributed by atoms with van der Waals surface area (Å²) in [6.07, 6.45) is 1.30. The van der Waals surface area contributed by atoms with Gasteiger partial charge in [0.05, 0.1) is 12.7 Å². The first-order valence-corrected chi connectivity index (χ1v) is 7.27. The average molecular weight is 281 g/mol. The maximum atomic E-state index is 12.5. The van der Waals surface area contributed by atoms with Crippen LogP contribution in [-0.4, -0.2) is 30.9 Å². The number of ether oxygens (including phenoxy) is 1. The van der Waals surface area contributed by atoms with E-state index in [1.807, 2.05) is 42.5 Å². The lowest BCUT2D eigenvalue weighted by Crippen LogP contribution is -2.36. The van der Waals surface area contributed by atoms with Crippen molar-refractivity contribution in [2.45, 2.75) is 13.0 Å². The van der Waals surface area contributed by atoms with Crippen LogP contribution in [0.15, 0.2) is 48.5 Å². The molecular weight excluding hydrogens is 262 g/mol. The normalized spacial score (nSPS) is 14.5. The number of nitrogens with zero attached hydrogens (tertiary/aromatic N) is 1. The number of methoxy groups -OCH3 is 1. The third kappa shape index (κ3) is 2.98. The molecule has 1 fully saturated rings. The molecule has 3 nitrogen and oxygen atoms in total. The van der Waals surface area contributed by atoms with Gasteiger partial charge in [-0.1, -0.05) is 36.4 Å². The molecule has 0 atom stereocenters. The molecule has 21 heavy (non-hydrogen) atoms. The molecule has 0 unspecified atom stereocenters. The summed E-state index contributed by atoms with van der Waals surface area (Å²) in [6, 6.07) is 15.2. The van der Waals surface area contributed by atoms with Gasteiger partial charge in [-0.2, -0.15) is 0 Å². The molecule has 2 aromatic carbocycles. The smallest absolute Gasteiger partial charge is 0.196 e. The Morgan fingerprint density at radius 2 is 1.81 bits per heavy atom. The van der Waals surface area contributed by atoms with E-state index in [0.29, 0.717) is 16.9 Å². The summed E-state index contributed by atoms with van der Waals surface area (Å²) in [5.74, 6) is 0.620. The molecular formula is C18H19NO2. The van der Waals surface area contributed by atoms with Gasteiger partial charge in [0.25, 0.3) is 0 Å². The summed E-state index contributed by atoms with van der Waals surface area (Å²) in [5, 5.41) is 0. The van der Waals surface area contributed by atoms with E-state index < -0.39 is 0 Å². The topological polar surface area (TPSA) is 29.5 Å². The van der Waals surface area contributed by atoms with Crippen LogP contribution in [0.2, 0.25) is 0 Å². The molecule has 2 aromatic rings. The van der Waals surface area contributed by atoms with E-state index in [-0.39, 0.29) is 5.78 Å². The van der Waals surface area contributed by atoms with Crippen LogP contribution in [0.5, 0.6) is 5.75 Å². The van der Waals surface area contributed by atoms with Crippen LogP contribution < -0.4 is 4.74 Å². The Kier molecular flexibility index (Phi) is 4.02. The molecule has 0 spiro atoms. The lowest BCUT2D eigenvalue weighted by molar-refractivity contribution is 0.103. The van der Waals surface area contributed by atoms with E-state index in [0.717, 1.165) is 6.54 Å². The highest BCUT2D eigenvalue weighted by atomic mass is 16.5. The van der Waals surface area contributed by atoms with E-state index in [2.05, 4.69) is 4.90 Å². The molecule has 0 aromatic heterocycles. The summed E-state index contributed by atoms with van der Waals surface area (Å²) in [5.41, 5.74) is 2.56. The standard InChI is InChI=1S/C18H19NO2/c1-21-17-6-3-2-5-16(17)18(20)15-9-7-14(8-10-15)13-19-11-4-12-19/h2-3,5-10H,4,11-13H2,1H3. The summed E-state index contributed by atoms with van der Waals surface area (Å²) in [4.78, 5) is 14.9. The lowest BCUT2D eigenvalue weighted by atomic mass is 10.0. The largest absolute Gasteiger partial charge is 0.496 e. The molecule has 3 rings (SSSR count).